The van der Waals surface area contributed by atoms with Gasteiger partial charge in [0.1, 0.15) is 0 Å². The van der Waals surface area contributed by atoms with Crippen LogP contribution in [0.15, 0.2) is 224 Å². The van der Waals surface area contributed by atoms with Crippen LogP contribution < -0.4 is 14.7 Å². The predicted molar refractivity (Wildman–Crippen MR) is 392 cm³/mol. The Morgan fingerprint density at radius 1 is 0.250 bits per heavy atom. The first-order chi connectivity index (χ1) is 44.9. The molecule has 0 radical (unpaired) electrons. The van der Waals surface area contributed by atoms with Crippen molar-refractivity contribution in [2.45, 2.75) is 171 Å². The molecule has 3 nitrogen and oxygen atoms in total. The highest BCUT2D eigenvalue weighted by molar-refractivity contribution is 6.32. The molecule has 3 fully saturated rings. The summed E-state index contributed by atoms with van der Waals surface area (Å²) in [4.78, 5) is 8.25. The average molecular weight is 1200 g/mol. The molecule has 3 aliphatic heterocycles. The van der Waals surface area contributed by atoms with Crippen LogP contribution in [0.4, 0.5) is 34.1 Å². The molecule has 0 amide bonds. The normalized spacial score (nSPS) is 25.9. The second-order valence-corrected chi connectivity index (χ2v) is 30.2. The fraction of sp³-hybridized carbons (Fsp3) is 0.303. The van der Waals surface area contributed by atoms with Crippen molar-refractivity contribution >= 4 is 77.2 Å². The second-order valence-electron chi connectivity index (χ2n) is 30.2. The minimum Gasteiger partial charge on any atom is -0.334 e. The van der Waals surface area contributed by atoms with E-state index in [9.17, 15) is 0 Å². The van der Waals surface area contributed by atoms with E-state index in [-0.39, 0.29) is 32.9 Å². The molecule has 92 heavy (non-hydrogen) atoms. The fourth-order valence-corrected chi connectivity index (χ4v) is 20.6. The van der Waals surface area contributed by atoms with Crippen LogP contribution in [-0.2, 0) is 16.2 Å². The Morgan fingerprint density at radius 3 is 0.967 bits per heavy atom. The third-order valence-electron chi connectivity index (χ3n) is 26.0. The topological polar surface area (TPSA) is 9.72 Å². The molecule has 3 heterocycles. The molecule has 6 aliphatic rings. The van der Waals surface area contributed by atoms with Gasteiger partial charge in [0.25, 0.3) is 0 Å². The lowest BCUT2D eigenvalue weighted by atomic mass is 9.66. The summed E-state index contributed by atoms with van der Waals surface area (Å²) in [6.45, 7) is 15.6. The molecule has 3 aliphatic carbocycles. The van der Waals surface area contributed by atoms with Crippen LogP contribution in [0.5, 0.6) is 0 Å². The summed E-state index contributed by atoms with van der Waals surface area (Å²) in [5, 5.41) is 10.6. The maximum atomic E-state index is 2.75. The molecular weight excluding hydrogens is 1110 g/mol. The van der Waals surface area contributed by atoms with Gasteiger partial charge in [-0.1, -0.05) is 218 Å². The van der Waals surface area contributed by atoms with Crippen LogP contribution in [0.2, 0.25) is 0 Å². The first-order valence-electron chi connectivity index (χ1n) is 35.1. The molecule has 3 heteroatoms. The van der Waals surface area contributed by atoms with E-state index in [0.717, 1.165) is 0 Å². The Hall–Kier alpha value is -8.66. The van der Waals surface area contributed by atoms with Crippen LogP contribution in [0, 0.1) is 0 Å². The van der Waals surface area contributed by atoms with Gasteiger partial charge in [-0.05, 0) is 249 Å². The molecular formula is C89H85N3. The largest absolute Gasteiger partial charge is 0.334 e. The van der Waals surface area contributed by atoms with Crippen molar-refractivity contribution in [3.8, 4) is 44.5 Å². The number of fused-ring (bicyclic) bond motifs is 10. The Bertz CT molecular complexity index is 4780. The Labute approximate surface area is 545 Å². The molecule has 0 bridgehead atoms. The zero-order chi connectivity index (χ0) is 61.9. The van der Waals surface area contributed by atoms with Crippen molar-refractivity contribution < 1.29 is 0 Å². The lowest BCUT2D eigenvalue weighted by Gasteiger charge is -2.46. The summed E-state index contributed by atoms with van der Waals surface area (Å²) in [5.41, 5.74) is 22.6. The molecule has 18 rings (SSSR count). The van der Waals surface area contributed by atoms with Crippen molar-refractivity contribution in [3.05, 3.63) is 241 Å². The van der Waals surface area contributed by atoms with Crippen molar-refractivity contribution in [2.75, 3.05) is 14.7 Å². The SMILES string of the molecule is CC12CCCCCC1(C)N(c1ccccc1)c1ccc(-c3cc(-c4ccc5c(c4)C4(C)CCCCCC4(C)N5c4ccccc4)c4ccc5c(-c6cccc7ccccc67)cc(-c6ccc7c(c6)C6(C)CCCCCC6(C)N7c6ccccc6)c6ccc3c4c65)cc12. The number of hydrogen-bond acceptors (Lipinski definition) is 3. The van der Waals surface area contributed by atoms with Gasteiger partial charge in [0.2, 0.25) is 0 Å². The van der Waals surface area contributed by atoms with Gasteiger partial charge in [0.05, 0.1) is 16.6 Å². The Morgan fingerprint density at radius 2 is 0.576 bits per heavy atom. The molecule has 12 aromatic carbocycles. The van der Waals surface area contributed by atoms with Gasteiger partial charge in [0, 0.05) is 50.4 Å². The van der Waals surface area contributed by atoms with E-state index in [4.69, 9.17) is 0 Å². The quantitative estimate of drug-likeness (QED) is 0.147. The minimum absolute atomic E-state index is 0.0464. The maximum Gasteiger partial charge on any atom is 0.0517 e. The highest BCUT2D eigenvalue weighted by Crippen LogP contribution is 2.65. The third-order valence-corrected chi connectivity index (χ3v) is 26.0. The Kier molecular flexibility index (Phi) is 12.5. The summed E-state index contributed by atoms with van der Waals surface area (Å²) in [6, 6.07) is 88.4. The summed E-state index contributed by atoms with van der Waals surface area (Å²) in [7, 11) is 0. The van der Waals surface area contributed by atoms with Crippen molar-refractivity contribution in [1.82, 2.24) is 0 Å². The molecule has 12 aromatic rings. The number of hydrogen-bond donors (Lipinski definition) is 0. The number of anilines is 6. The smallest absolute Gasteiger partial charge is 0.0517 e. The molecule has 0 N–H and O–H groups in total. The van der Waals surface area contributed by atoms with E-state index in [1.54, 1.807) is 0 Å². The van der Waals surface area contributed by atoms with Crippen molar-refractivity contribution in [1.29, 1.82) is 0 Å². The number of nitrogens with zero attached hydrogens (tertiary/aromatic N) is 3. The van der Waals surface area contributed by atoms with E-state index in [1.165, 1.54) is 235 Å². The van der Waals surface area contributed by atoms with Crippen molar-refractivity contribution in [2.24, 2.45) is 0 Å². The van der Waals surface area contributed by atoms with Crippen LogP contribution in [0.25, 0.3) is 87.6 Å². The highest BCUT2D eigenvalue weighted by Gasteiger charge is 2.60. The zero-order valence-corrected chi connectivity index (χ0v) is 54.8. The zero-order valence-electron chi connectivity index (χ0n) is 54.8. The number of rotatable bonds is 7. The summed E-state index contributed by atoms with van der Waals surface area (Å²) in [5.74, 6) is 0. The highest BCUT2D eigenvalue weighted by atomic mass is 15.3. The summed E-state index contributed by atoms with van der Waals surface area (Å²) < 4.78 is 0. The van der Waals surface area contributed by atoms with Gasteiger partial charge in [-0.3, -0.25) is 0 Å². The first kappa shape index (κ1) is 56.1. The second kappa shape index (κ2) is 20.4. The van der Waals surface area contributed by atoms with Gasteiger partial charge >= 0.3 is 0 Å². The van der Waals surface area contributed by atoms with Gasteiger partial charge in [-0.15, -0.1) is 0 Å². The van der Waals surface area contributed by atoms with E-state index >= 15 is 0 Å². The van der Waals surface area contributed by atoms with Crippen LogP contribution >= 0.6 is 0 Å². The van der Waals surface area contributed by atoms with Crippen LogP contribution in [0.3, 0.4) is 0 Å². The predicted octanol–water partition coefficient (Wildman–Crippen LogP) is 24.8. The maximum absolute atomic E-state index is 2.75. The standard InChI is InChI=1S/C89H85N3/c1-84-48-21-10-24-51-87(84,4)90(63-30-13-7-14-31-63)79-45-38-60(54-76(79)84)72-57-73(61-39-46-80-77(55-61)85(2)49-22-11-25-52-88(85,5)91(80)64-32-15-8-16-33-64)69-43-44-71-75(67-37-27-29-59-28-19-20-36-66(59)67)58-74(70-42-41-68(72)82(69)83(70)71)62-40-47-81-78(56-62)86(3)50-23-12-26-53-89(86,6)92(81)65-34-17-9-18-35-65/h7-9,13-20,27-47,54-58H,10-12,21-26,48-53H2,1-6H3. The van der Waals surface area contributed by atoms with E-state index in [2.05, 4.69) is 281 Å². The summed E-state index contributed by atoms with van der Waals surface area (Å²) >= 11 is 0. The summed E-state index contributed by atoms with van der Waals surface area (Å²) in [6.07, 6.45) is 18.3. The van der Waals surface area contributed by atoms with Crippen LogP contribution in [0.1, 0.15) is 155 Å². The molecule has 3 saturated carbocycles. The molecule has 6 unspecified atom stereocenters. The Balaban J connectivity index is 0.933. The van der Waals surface area contributed by atoms with Crippen LogP contribution in [-0.4, -0.2) is 16.6 Å². The lowest BCUT2D eigenvalue weighted by Crippen LogP contribution is -2.52. The van der Waals surface area contributed by atoms with Gasteiger partial charge < -0.3 is 14.7 Å². The minimum atomic E-state index is -0.0711. The van der Waals surface area contributed by atoms with Gasteiger partial charge in [-0.2, -0.15) is 0 Å². The van der Waals surface area contributed by atoms with Crippen molar-refractivity contribution in [3.63, 3.8) is 0 Å². The molecule has 6 atom stereocenters. The van der Waals surface area contributed by atoms with E-state index in [1.807, 2.05) is 0 Å². The van der Waals surface area contributed by atoms with Gasteiger partial charge in [0.15, 0.2) is 0 Å². The van der Waals surface area contributed by atoms with Gasteiger partial charge in [-0.25, -0.2) is 0 Å². The lowest BCUT2D eigenvalue weighted by molar-refractivity contribution is 0.261. The molecule has 456 valence electrons. The third kappa shape index (κ3) is 7.63. The van der Waals surface area contributed by atoms with E-state index < -0.39 is 0 Å². The fourth-order valence-electron chi connectivity index (χ4n) is 20.6. The number of para-hydroxylation sites is 3. The first-order valence-corrected chi connectivity index (χ1v) is 35.1. The monoisotopic (exact) mass is 1200 g/mol. The van der Waals surface area contributed by atoms with E-state index in [0.29, 0.717) is 0 Å². The molecule has 0 aromatic heterocycles. The molecule has 0 saturated heterocycles. The average Bonchev–Trinajstić information content (AvgIpc) is 1.35. The number of benzene rings is 12. The molecule has 0 spiro atoms.